The highest BCUT2D eigenvalue weighted by atomic mass is 16.5. The maximum absolute atomic E-state index is 12.2. The van der Waals surface area contributed by atoms with E-state index in [1.54, 1.807) is 0 Å². The molecule has 0 saturated carbocycles. The zero-order valence-corrected chi connectivity index (χ0v) is 17.4. The molecule has 3 rings (SSSR count). The van der Waals surface area contributed by atoms with Crippen LogP contribution in [0.25, 0.3) is 0 Å². The van der Waals surface area contributed by atoms with Crippen molar-refractivity contribution in [3.05, 3.63) is 29.8 Å². The SMILES string of the molecule is CC1CCCCN1CCCNC(=O)NCc1cccc(NC(=O)C2CCCO2)c1. The average molecular weight is 403 g/mol. The van der Waals surface area contributed by atoms with Crippen molar-refractivity contribution in [1.29, 1.82) is 0 Å². The van der Waals surface area contributed by atoms with Gasteiger partial charge in [-0.1, -0.05) is 18.6 Å². The summed E-state index contributed by atoms with van der Waals surface area (Å²) >= 11 is 0. The Morgan fingerprint density at radius 1 is 1.17 bits per heavy atom. The maximum atomic E-state index is 12.2. The van der Waals surface area contributed by atoms with E-state index in [2.05, 4.69) is 27.8 Å². The minimum Gasteiger partial charge on any atom is -0.368 e. The molecule has 2 saturated heterocycles. The highest BCUT2D eigenvalue weighted by Gasteiger charge is 2.23. The van der Waals surface area contributed by atoms with E-state index in [1.807, 2.05) is 24.3 Å². The lowest BCUT2D eigenvalue weighted by Crippen LogP contribution is -2.40. The Balaban J connectivity index is 1.33. The van der Waals surface area contributed by atoms with Crippen LogP contribution in [0.5, 0.6) is 0 Å². The molecule has 0 radical (unpaired) electrons. The molecule has 7 nitrogen and oxygen atoms in total. The van der Waals surface area contributed by atoms with E-state index >= 15 is 0 Å². The van der Waals surface area contributed by atoms with E-state index in [1.165, 1.54) is 25.8 Å². The third-order valence-electron chi connectivity index (χ3n) is 5.72. The second-order valence-corrected chi connectivity index (χ2v) is 8.04. The molecule has 0 aromatic heterocycles. The van der Waals surface area contributed by atoms with Crippen molar-refractivity contribution in [2.45, 2.75) is 64.1 Å². The third-order valence-corrected chi connectivity index (χ3v) is 5.72. The Labute approximate surface area is 173 Å². The Morgan fingerprint density at radius 2 is 2.07 bits per heavy atom. The molecule has 1 aromatic carbocycles. The van der Waals surface area contributed by atoms with Crippen LogP contribution in [0.2, 0.25) is 0 Å². The van der Waals surface area contributed by atoms with Crippen molar-refractivity contribution in [1.82, 2.24) is 15.5 Å². The largest absolute Gasteiger partial charge is 0.368 e. The van der Waals surface area contributed by atoms with Gasteiger partial charge in [0.25, 0.3) is 5.91 Å². The van der Waals surface area contributed by atoms with Crippen molar-refractivity contribution in [2.24, 2.45) is 0 Å². The van der Waals surface area contributed by atoms with E-state index in [0.29, 0.717) is 25.7 Å². The number of amides is 3. The first-order chi connectivity index (χ1) is 14.1. The Kier molecular flexibility index (Phi) is 8.31. The van der Waals surface area contributed by atoms with Crippen LogP contribution >= 0.6 is 0 Å². The van der Waals surface area contributed by atoms with Crippen molar-refractivity contribution in [3.8, 4) is 0 Å². The van der Waals surface area contributed by atoms with E-state index in [0.717, 1.165) is 37.1 Å². The van der Waals surface area contributed by atoms with Gasteiger partial charge >= 0.3 is 6.03 Å². The van der Waals surface area contributed by atoms with Gasteiger partial charge < -0.3 is 25.6 Å². The Morgan fingerprint density at radius 3 is 2.86 bits per heavy atom. The summed E-state index contributed by atoms with van der Waals surface area (Å²) in [6.07, 6.45) is 6.20. The number of likely N-dealkylation sites (tertiary alicyclic amines) is 1. The summed E-state index contributed by atoms with van der Waals surface area (Å²) in [4.78, 5) is 26.7. The van der Waals surface area contributed by atoms with Crippen LogP contribution < -0.4 is 16.0 Å². The number of hydrogen-bond acceptors (Lipinski definition) is 4. The molecule has 3 amide bonds. The lowest BCUT2D eigenvalue weighted by Gasteiger charge is -2.33. The van der Waals surface area contributed by atoms with Gasteiger partial charge in [0.1, 0.15) is 6.10 Å². The van der Waals surface area contributed by atoms with Crippen LogP contribution in [0.4, 0.5) is 10.5 Å². The van der Waals surface area contributed by atoms with Gasteiger partial charge in [-0.2, -0.15) is 0 Å². The molecule has 2 heterocycles. The maximum Gasteiger partial charge on any atom is 0.315 e. The van der Waals surface area contributed by atoms with Crippen molar-refractivity contribution in [2.75, 3.05) is 31.6 Å². The quantitative estimate of drug-likeness (QED) is 0.584. The molecule has 2 unspecified atom stereocenters. The van der Waals surface area contributed by atoms with Crippen molar-refractivity contribution in [3.63, 3.8) is 0 Å². The normalized spacial score (nSPS) is 22.2. The zero-order valence-electron chi connectivity index (χ0n) is 17.4. The number of anilines is 1. The summed E-state index contributed by atoms with van der Waals surface area (Å²) in [5, 5.41) is 8.70. The minimum atomic E-state index is -0.351. The number of rotatable bonds is 8. The fraction of sp³-hybridized carbons (Fsp3) is 0.636. The second-order valence-electron chi connectivity index (χ2n) is 8.04. The van der Waals surface area contributed by atoms with E-state index in [9.17, 15) is 9.59 Å². The van der Waals surface area contributed by atoms with Gasteiger partial charge in [-0.15, -0.1) is 0 Å². The summed E-state index contributed by atoms with van der Waals surface area (Å²) < 4.78 is 5.41. The van der Waals surface area contributed by atoms with Crippen LogP contribution in [0, 0.1) is 0 Å². The molecule has 7 heteroatoms. The number of piperidine rings is 1. The summed E-state index contributed by atoms with van der Waals surface area (Å²) in [5.41, 5.74) is 1.66. The first-order valence-corrected chi connectivity index (χ1v) is 10.9. The lowest BCUT2D eigenvalue weighted by molar-refractivity contribution is -0.124. The molecule has 29 heavy (non-hydrogen) atoms. The number of hydrogen-bond donors (Lipinski definition) is 3. The summed E-state index contributed by atoms with van der Waals surface area (Å²) in [6, 6.07) is 8.03. The van der Waals surface area contributed by atoms with Crippen LogP contribution in [0.1, 0.15) is 51.0 Å². The van der Waals surface area contributed by atoms with Crippen molar-refractivity contribution < 1.29 is 14.3 Å². The molecule has 2 atom stereocenters. The predicted octanol–water partition coefficient (Wildman–Crippen LogP) is 2.87. The van der Waals surface area contributed by atoms with E-state index in [4.69, 9.17) is 4.74 Å². The monoisotopic (exact) mass is 402 g/mol. The molecular formula is C22H34N4O3. The molecule has 2 fully saturated rings. The number of nitrogens with one attached hydrogen (secondary N) is 3. The van der Waals surface area contributed by atoms with Crippen LogP contribution in [-0.4, -0.2) is 55.2 Å². The molecule has 0 spiro atoms. The molecule has 2 aliphatic rings. The molecule has 3 N–H and O–H groups in total. The number of urea groups is 1. The summed E-state index contributed by atoms with van der Waals surface area (Å²) in [6.45, 7) is 6.23. The second kappa shape index (κ2) is 11.2. The number of ether oxygens (including phenoxy) is 1. The topological polar surface area (TPSA) is 82.7 Å². The first kappa shape index (κ1) is 21.6. The fourth-order valence-corrected chi connectivity index (χ4v) is 3.98. The number of nitrogens with zero attached hydrogens (tertiary/aromatic N) is 1. The van der Waals surface area contributed by atoms with Gasteiger partial charge in [0.2, 0.25) is 0 Å². The standard InChI is InChI=1S/C22H34N4O3/c1-17-7-2-3-12-26(17)13-6-11-23-22(28)24-16-18-8-4-9-19(15-18)25-21(27)20-10-5-14-29-20/h4,8-9,15,17,20H,2-3,5-7,10-14,16H2,1H3,(H,25,27)(H2,23,24,28). The van der Waals surface area contributed by atoms with Crippen LogP contribution in [0.15, 0.2) is 24.3 Å². The van der Waals surface area contributed by atoms with E-state index < -0.39 is 0 Å². The smallest absolute Gasteiger partial charge is 0.315 e. The molecule has 1 aromatic rings. The lowest BCUT2D eigenvalue weighted by atomic mass is 10.0. The number of benzene rings is 1. The highest BCUT2D eigenvalue weighted by Crippen LogP contribution is 2.17. The van der Waals surface area contributed by atoms with Crippen molar-refractivity contribution >= 4 is 17.6 Å². The van der Waals surface area contributed by atoms with Crippen LogP contribution in [-0.2, 0) is 16.1 Å². The molecule has 160 valence electrons. The Bertz CT molecular complexity index is 676. The van der Waals surface area contributed by atoms with Gasteiger partial charge in [0.05, 0.1) is 0 Å². The first-order valence-electron chi connectivity index (χ1n) is 10.9. The van der Waals surface area contributed by atoms with Gasteiger partial charge in [0, 0.05) is 38.0 Å². The van der Waals surface area contributed by atoms with E-state index in [-0.39, 0.29) is 18.0 Å². The van der Waals surface area contributed by atoms with Crippen LogP contribution in [0.3, 0.4) is 0 Å². The number of carbonyl (C=O) groups excluding carboxylic acids is 2. The Hall–Kier alpha value is -2.12. The third kappa shape index (κ3) is 7.01. The molecule has 0 bridgehead atoms. The minimum absolute atomic E-state index is 0.103. The molecule has 0 aliphatic carbocycles. The average Bonchev–Trinajstić information content (AvgIpc) is 3.26. The molecule has 2 aliphatic heterocycles. The number of carbonyl (C=O) groups is 2. The van der Waals surface area contributed by atoms with Gasteiger partial charge in [-0.05, 0) is 63.3 Å². The summed E-state index contributed by atoms with van der Waals surface area (Å²) in [5.74, 6) is -0.103. The van der Waals surface area contributed by atoms with Gasteiger partial charge in [-0.25, -0.2) is 4.79 Å². The van der Waals surface area contributed by atoms with Gasteiger partial charge in [0.15, 0.2) is 0 Å². The van der Waals surface area contributed by atoms with Gasteiger partial charge in [-0.3, -0.25) is 4.79 Å². The predicted molar refractivity (Wildman–Crippen MR) is 114 cm³/mol. The fourth-order valence-electron chi connectivity index (χ4n) is 3.98. The zero-order chi connectivity index (χ0) is 20.5. The summed E-state index contributed by atoms with van der Waals surface area (Å²) in [7, 11) is 0. The molecular weight excluding hydrogens is 368 g/mol. The highest BCUT2D eigenvalue weighted by molar-refractivity contribution is 5.94.